The van der Waals surface area contributed by atoms with Crippen molar-refractivity contribution in [1.82, 2.24) is 10.2 Å². The van der Waals surface area contributed by atoms with Crippen LogP contribution in [0.4, 0.5) is 0 Å². The fourth-order valence-corrected chi connectivity index (χ4v) is 3.43. The lowest BCUT2D eigenvalue weighted by Crippen LogP contribution is -1.96. The van der Waals surface area contributed by atoms with Gasteiger partial charge in [-0.15, -0.1) is 10.2 Å². The first kappa shape index (κ1) is 12.5. The van der Waals surface area contributed by atoms with Gasteiger partial charge in [0.15, 0.2) is 4.34 Å². The molecule has 1 heterocycles. The first-order chi connectivity index (χ1) is 8.20. The molecule has 0 bridgehead atoms. The van der Waals surface area contributed by atoms with Gasteiger partial charge in [0.05, 0.1) is 6.10 Å². The van der Waals surface area contributed by atoms with Crippen molar-refractivity contribution in [1.29, 1.82) is 0 Å². The van der Waals surface area contributed by atoms with Crippen LogP contribution in [0.1, 0.15) is 30.0 Å². The maximum atomic E-state index is 9.95. The number of nitrogens with zero attached hydrogens (tertiary/aromatic N) is 2. The van der Waals surface area contributed by atoms with Gasteiger partial charge >= 0.3 is 0 Å². The predicted octanol–water partition coefficient (Wildman–Crippen LogP) is 3.44. The minimum absolute atomic E-state index is 0.410. The molecule has 0 spiro atoms. The third-order valence-electron chi connectivity index (χ3n) is 2.37. The molecule has 5 heteroatoms. The SMILES string of the molecule is CC[C@H](O)c1ccccc1Sc1nnc(C)s1. The maximum absolute atomic E-state index is 9.95. The van der Waals surface area contributed by atoms with Crippen molar-refractivity contribution < 1.29 is 5.11 Å². The van der Waals surface area contributed by atoms with Gasteiger partial charge < -0.3 is 5.11 Å². The van der Waals surface area contributed by atoms with Crippen LogP contribution in [0, 0.1) is 6.92 Å². The zero-order valence-corrected chi connectivity index (χ0v) is 11.4. The van der Waals surface area contributed by atoms with Gasteiger partial charge in [-0.05, 0) is 25.0 Å². The molecule has 0 unspecified atom stereocenters. The first-order valence-electron chi connectivity index (χ1n) is 5.45. The second kappa shape index (κ2) is 5.62. The van der Waals surface area contributed by atoms with Crippen LogP contribution in [0.15, 0.2) is 33.5 Å². The molecule has 1 aromatic carbocycles. The second-order valence-corrected chi connectivity index (χ2v) is 6.12. The smallest absolute Gasteiger partial charge is 0.179 e. The zero-order valence-electron chi connectivity index (χ0n) is 9.75. The van der Waals surface area contributed by atoms with Crippen LogP contribution in [-0.2, 0) is 0 Å². The van der Waals surface area contributed by atoms with E-state index in [0.717, 1.165) is 19.8 Å². The summed E-state index contributed by atoms with van der Waals surface area (Å²) >= 11 is 3.13. The highest BCUT2D eigenvalue weighted by Gasteiger charge is 2.12. The highest BCUT2D eigenvalue weighted by atomic mass is 32.2. The molecule has 0 aliphatic rings. The van der Waals surface area contributed by atoms with Gasteiger partial charge in [0.25, 0.3) is 0 Å². The summed E-state index contributed by atoms with van der Waals surface area (Å²) in [5.41, 5.74) is 0.966. The number of benzene rings is 1. The minimum Gasteiger partial charge on any atom is -0.388 e. The van der Waals surface area contributed by atoms with Crippen LogP contribution >= 0.6 is 23.1 Å². The van der Waals surface area contributed by atoms with Gasteiger partial charge in [-0.3, -0.25) is 0 Å². The maximum Gasteiger partial charge on any atom is 0.179 e. The van der Waals surface area contributed by atoms with Gasteiger partial charge in [-0.1, -0.05) is 48.2 Å². The van der Waals surface area contributed by atoms with E-state index in [0.29, 0.717) is 6.42 Å². The largest absolute Gasteiger partial charge is 0.388 e. The molecule has 0 radical (unpaired) electrons. The molecule has 90 valence electrons. The fourth-order valence-electron chi connectivity index (χ4n) is 1.48. The van der Waals surface area contributed by atoms with Crippen molar-refractivity contribution in [2.24, 2.45) is 0 Å². The molecule has 0 aliphatic heterocycles. The van der Waals surface area contributed by atoms with Crippen LogP contribution < -0.4 is 0 Å². The Morgan fingerprint density at radius 1 is 1.35 bits per heavy atom. The fraction of sp³-hybridized carbons (Fsp3) is 0.333. The van der Waals surface area contributed by atoms with Crippen molar-refractivity contribution in [2.45, 2.75) is 35.6 Å². The average molecular weight is 266 g/mol. The monoisotopic (exact) mass is 266 g/mol. The Morgan fingerprint density at radius 3 is 2.76 bits per heavy atom. The number of aryl methyl sites for hydroxylation is 1. The van der Waals surface area contributed by atoms with E-state index in [1.165, 1.54) is 0 Å². The summed E-state index contributed by atoms with van der Waals surface area (Å²) in [5.74, 6) is 0. The molecule has 3 nitrogen and oxygen atoms in total. The first-order valence-corrected chi connectivity index (χ1v) is 7.09. The van der Waals surface area contributed by atoms with E-state index in [1.807, 2.05) is 38.1 Å². The number of hydrogen-bond acceptors (Lipinski definition) is 5. The zero-order chi connectivity index (χ0) is 12.3. The lowest BCUT2D eigenvalue weighted by Gasteiger charge is -2.12. The lowest BCUT2D eigenvalue weighted by molar-refractivity contribution is 0.171. The number of rotatable bonds is 4. The molecule has 0 aliphatic carbocycles. The van der Waals surface area contributed by atoms with Crippen molar-refractivity contribution in [2.75, 3.05) is 0 Å². The van der Waals surface area contributed by atoms with E-state index in [2.05, 4.69) is 10.2 Å². The van der Waals surface area contributed by atoms with Gasteiger partial charge in [-0.25, -0.2) is 0 Å². The molecule has 2 aromatic rings. The Labute approximate surface area is 109 Å². The van der Waals surface area contributed by atoms with Gasteiger partial charge in [0, 0.05) is 4.90 Å². The Bertz CT molecular complexity index is 499. The molecule has 2 rings (SSSR count). The Morgan fingerprint density at radius 2 is 2.12 bits per heavy atom. The molecule has 0 fully saturated rings. The predicted molar refractivity (Wildman–Crippen MR) is 70.5 cm³/mol. The van der Waals surface area contributed by atoms with Crippen LogP contribution in [0.3, 0.4) is 0 Å². The van der Waals surface area contributed by atoms with E-state index in [1.54, 1.807) is 23.1 Å². The van der Waals surface area contributed by atoms with Crippen molar-refractivity contribution in [3.63, 3.8) is 0 Å². The highest BCUT2D eigenvalue weighted by Crippen LogP contribution is 2.35. The van der Waals surface area contributed by atoms with E-state index in [-0.39, 0.29) is 0 Å². The van der Waals surface area contributed by atoms with E-state index in [4.69, 9.17) is 0 Å². The third-order valence-corrected chi connectivity index (χ3v) is 4.35. The van der Waals surface area contributed by atoms with Crippen LogP contribution in [-0.4, -0.2) is 15.3 Å². The number of aromatic nitrogens is 2. The molecule has 1 aromatic heterocycles. The van der Waals surface area contributed by atoms with Crippen LogP contribution in [0.2, 0.25) is 0 Å². The van der Waals surface area contributed by atoms with E-state index < -0.39 is 6.10 Å². The minimum atomic E-state index is -0.410. The quantitative estimate of drug-likeness (QED) is 0.920. The van der Waals surface area contributed by atoms with Crippen LogP contribution in [0.5, 0.6) is 0 Å². The number of aliphatic hydroxyl groups excluding tert-OH is 1. The molecular weight excluding hydrogens is 252 g/mol. The third kappa shape index (κ3) is 3.06. The Balaban J connectivity index is 2.26. The van der Waals surface area contributed by atoms with Gasteiger partial charge in [0.2, 0.25) is 0 Å². The van der Waals surface area contributed by atoms with Gasteiger partial charge in [0.1, 0.15) is 5.01 Å². The summed E-state index contributed by atoms with van der Waals surface area (Å²) < 4.78 is 0.915. The van der Waals surface area contributed by atoms with Crippen molar-refractivity contribution >= 4 is 23.1 Å². The number of aliphatic hydroxyl groups is 1. The Kier molecular flexibility index (Phi) is 4.15. The number of hydrogen-bond donors (Lipinski definition) is 1. The standard InChI is InChI=1S/C12H14N2OS2/c1-3-10(15)9-6-4-5-7-11(9)17-12-14-13-8(2)16-12/h4-7,10,15H,3H2,1-2H3/t10-/m0/s1. The Hall–Kier alpha value is -0.910. The van der Waals surface area contributed by atoms with E-state index >= 15 is 0 Å². The van der Waals surface area contributed by atoms with E-state index in [9.17, 15) is 5.11 Å². The topological polar surface area (TPSA) is 46.0 Å². The molecule has 17 heavy (non-hydrogen) atoms. The highest BCUT2D eigenvalue weighted by molar-refractivity contribution is 8.01. The van der Waals surface area contributed by atoms with Crippen molar-refractivity contribution in [3.8, 4) is 0 Å². The summed E-state index contributed by atoms with van der Waals surface area (Å²) in [6.45, 7) is 3.91. The summed E-state index contributed by atoms with van der Waals surface area (Å²) in [4.78, 5) is 1.05. The molecule has 1 N–H and O–H groups in total. The summed E-state index contributed by atoms with van der Waals surface area (Å²) in [7, 11) is 0. The second-order valence-electron chi connectivity index (χ2n) is 3.65. The summed E-state index contributed by atoms with van der Waals surface area (Å²) in [6, 6.07) is 7.89. The lowest BCUT2D eigenvalue weighted by atomic mass is 10.1. The average Bonchev–Trinajstić information content (AvgIpc) is 2.74. The van der Waals surface area contributed by atoms with Crippen molar-refractivity contribution in [3.05, 3.63) is 34.8 Å². The molecule has 0 amide bonds. The van der Waals surface area contributed by atoms with Crippen LogP contribution in [0.25, 0.3) is 0 Å². The summed E-state index contributed by atoms with van der Waals surface area (Å²) in [5, 5.41) is 19.0. The molecular formula is C12H14N2OS2. The summed E-state index contributed by atoms with van der Waals surface area (Å²) in [6.07, 6.45) is 0.305. The molecule has 1 atom stereocenters. The molecule has 0 saturated heterocycles. The molecule has 0 saturated carbocycles. The van der Waals surface area contributed by atoms with Gasteiger partial charge in [-0.2, -0.15) is 0 Å². The normalized spacial score (nSPS) is 12.6.